The maximum atomic E-state index is 12.4. The molecule has 1 aromatic rings. The molecule has 0 saturated carbocycles. The minimum Gasteiger partial charge on any atom is -0.493 e. The first-order chi connectivity index (χ1) is 12.3. The molecule has 2 heterocycles. The molecule has 1 amide bonds. The predicted molar refractivity (Wildman–Crippen MR) is 95.1 cm³/mol. The molecule has 0 bridgehead atoms. The van der Waals surface area contributed by atoms with E-state index in [1.165, 1.54) is 0 Å². The standard InChI is InChI=1S/C19H28N2O4/c1-23-17-4-2-3-5-18(17)25-15-19(22)21-8-6-16(7-9-21)14-20-10-12-24-13-11-20/h2-5,16H,6-15H2,1H3. The Morgan fingerprint density at radius 1 is 1.12 bits per heavy atom. The van der Waals surface area contributed by atoms with E-state index in [1.54, 1.807) is 7.11 Å². The molecule has 138 valence electrons. The zero-order chi connectivity index (χ0) is 17.5. The molecule has 0 aliphatic carbocycles. The van der Waals surface area contributed by atoms with Gasteiger partial charge in [0.05, 0.1) is 20.3 Å². The van der Waals surface area contributed by atoms with E-state index in [4.69, 9.17) is 14.2 Å². The molecule has 0 radical (unpaired) electrons. The Bertz CT molecular complexity index is 552. The van der Waals surface area contributed by atoms with E-state index in [9.17, 15) is 4.79 Å². The zero-order valence-electron chi connectivity index (χ0n) is 15.0. The van der Waals surface area contributed by atoms with Crippen molar-refractivity contribution in [3.05, 3.63) is 24.3 Å². The summed E-state index contributed by atoms with van der Waals surface area (Å²) in [4.78, 5) is 16.8. The predicted octanol–water partition coefficient (Wildman–Crippen LogP) is 1.64. The number of nitrogens with zero attached hydrogens (tertiary/aromatic N) is 2. The Hall–Kier alpha value is -1.79. The molecule has 3 rings (SSSR count). The Morgan fingerprint density at radius 2 is 1.80 bits per heavy atom. The van der Waals surface area contributed by atoms with Crippen LogP contribution in [0.2, 0.25) is 0 Å². The smallest absolute Gasteiger partial charge is 0.260 e. The van der Waals surface area contributed by atoms with Gasteiger partial charge in [0, 0.05) is 32.7 Å². The lowest BCUT2D eigenvalue weighted by atomic mass is 9.96. The third-order valence-corrected chi connectivity index (χ3v) is 5.01. The summed E-state index contributed by atoms with van der Waals surface area (Å²) >= 11 is 0. The van der Waals surface area contributed by atoms with Crippen molar-refractivity contribution >= 4 is 5.91 Å². The minimum absolute atomic E-state index is 0.0516. The summed E-state index contributed by atoms with van der Waals surface area (Å²) < 4.78 is 16.3. The van der Waals surface area contributed by atoms with Crippen molar-refractivity contribution in [2.24, 2.45) is 5.92 Å². The number of likely N-dealkylation sites (tertiary alicyclic amines) is 1. The highest BCUT2D eigenvalue weighted by Crippen LogP contribution is 2.26. The molecule has 2 aliphatic rings. The van der Waals surface area contributed by atoms with Gasteiger partial charge in [-0.15, -0.1) is 0 Å². The van der Waals surface area contributed by atoms with Crippen LogP contribution in [0, 0.1) is 5.92 Å². The van der Waals surface area contributed by atoms with Crippen LogP contribution in [0.4, 0.5) is 0 Å². The highest BCUT2D eigenvalue weighted by atomic mass is 16.5. The van der Waals surface area contributed by atoms with Crippen molar-refractivity contribution in [2.45, 2.75) is 12.8 Å². The van der Waals surface area contributed by atoms with Crippen LogP contribution in [-0.4, -0.2) is 75.4 Å². The molecule has 0 atom stereocenters. The fourth-order valence-corrected chi connectivity index (χ4v) is 3.48. The molecular formula is C19H28N2O4. The number of morpholine rings is 1. The van der Waals surface area contributed by atoms with E-state index in [2.05, 4.69) is 4.90 Å². The van der Waals surface area contributed by atoms with Gasteiger partial charge < -0.3 is 19.1 Å². The van der Waals surface area contributed by atoms with Gasteiger partial charge >= 0.3 is 0 Å². The fourth-order valence-electron chi connectivity index (χ4n) is 3.48. The fraction of sp³-hybridized carbons (Fsp3) is 0.632. The Balaban J connectivity index is 1.40. The molecule has 0 spiro atoms. The average Bonchev–Trinajstić information content (AvgIpc) is 2.67. The molecule has 0 N–H and O–H groups in total. The number of carbonyl (C=O) groups is 1. The second kappa shape index (κ2) is 9.06. The first-order valence-electron chi connectivity index (χ1n) is 9.10. The first kappa shape index (κ1) is 18.0. The van der Waals surface area contributed by atoms with Gasteiger partial charge in [-0.3, -0.25) is 9.69 Å². The molecule has 0 unspecified atom stereocenters. The summed E-state index contributed by atoms with van der Waals surface area (Å²) in [6.07, 6.45) is 2.13. The van der Waals surface area contributed by atoms with Crippen molar-refractivity contribution < 1.29 is 19.0 Å². The summed E-state index contributed by atoms with van der Waals surface area (Å²) in [5, 5.41) is 0. The summed E-state index contributed by atoms with van der Waals surface area (Å²) in [6.45, 7) is 6.59. The number of ether oxygens (including phenoxy) is 3. The van der Waals surface area contributed by atoms with Gasteiger partial charge in [-0.05, 0) is 30.9 Å². The highest BCUT2D eigenvalue weighted by molar-refractivity contribution is 5.78. The van der Waals surface area contributed by atoms with E-state index in [1.807, 2.05) is 29.2 Å². The highest BCUT2D eigenvalue weighted by Gasteiger charge is 2.25. The van der Waals surface area contributed by atoms with Crippen molar-refractivity contribution in [2.75, 3.05) is 59.7 Å². The van der Waals surface area contributed by atoms with Crippen LogP contribution >= 0.6 is 0 Å². The number of hydrogen-bond donors (Lipinski definition) is 0. The maximum Gasteiger partial charge on any atom is 0.260 e. The third-order valence-electron chi connectivity index (χ3n) is 5.01. The second-order valence-electron chi connectivity index (χ2n) is 6.68. The lowest BCUT2D eigenvalue weighted by Crippen LogP contribution is -2.45. The summed E-state index contributed by atoms with van der Waals surface area (Å²) in [5.41, 5.74) is 0. The number of hydrogen-bond acceptors (Lipinski definition) is 5. The first-order valence-corrected chi connectivity index (χ1v) is 9.10. The van der Waals surface area contributed by atoms with E-state index in [0.717, 1.165) is 58.8 Å². The Kier molecular flexibility index (Phi) is 6.53. The molecule has 0 aromatic heterocycles. The number of methoxy groups -OCH3 is 1. The van der Waals surface area contributed by atoms with Crippen LogP contribution in [0.1, 0.15) is 12.8 Å². The quantitative estimate of drug-likeness (QED) is 0.782. The largest absolute Gasteiger partial charge is 0.493 e. The maximum absolute atomic E-state index is 12.4. The van der Waals surface area contributed by atoms with E-state index < -0.39 is 0 Å². The zero-order valence-corrected chi connectivity index (χ0v) is 15.0. The van der Waals surface area contributed by atoms with Crippen molar-refractivity contribution in [3.63, 3.8) is 0 Å². The van der Waals surface area contributed by atoms with Gasteiger partial charge in [0.2, 0.25) is 0 Å². The van der Waals surface area contributed by atoms with Gasteiger partial charge in [0.25, 0.3) is 5.91 Å². The number of rotatable bonds is 6. The van der Waals surface area contributed by atoms with Crippen LogP contribution in [-0.2, 0) is 9.53 Å². The van der Waals surface area contributed by atoms with Crippen molar-refractivity contribution in [1.82, 2.24) is 9.80 Å². The monoisotopic (exact) mass is 348 g/mol. The van der Waals surface area contributed by atoms with Crippen LogP contribution in [0.15, 0.2) is 24.3 Å². The molecule has 2 fully saturated rings. The van der Waals surface area contributed by atoms with Gasteiger partial charge in [-0.1, -0.05) is 12.1 Å². The van der Waals surface area contributed by atoms with Crippen molar-refractivity contribution in [3.8, 4) is 11.5 Å². The van der Waals surface area contributed by atoms with Gasteiger partial charge in [-0.2, -0.15) is 0 Å². The van der Waals surface area contributed by atoms with E-state index in [0.29, 0.717) is 17.4 Å². The molecule has 6 nitrogen and oxygen atoms in total. The Morgan fingerprint density at radius 3 is 2.48 bits per heavy atom. The molecular weight excluding hydrogens is 320 g/mol. The number of para-hydroxylation sites is 2. The lowest BCUT2D eigenvalue weighted by Gasteiger charge is -2.36. The molecule has 1 aromatic carbocycles. The number of carbonyl (C=O) groups excluding carboxylic acids is 1. The summed E-state index contributed by atoms with van der Waals surface area (Å²) in [7, 11) is 1.60. The topological polar surface area (TPSA) is 51.2 Å². The summed E-state index contributed by atoms with van der Waals surface area (Å²) in [6, 6.07) is 7.41. The van der Waals surface area contributed by atoms with Crippen molar-refractivity contribution in [1.29, 1.82) is 0 Å². The van der Waals surface area contributed by atoms with Crippen LogP contribution < -0.4 is 9.47 Å². The number of amides is 1. The Labute approximate surface area is 149 Å². The average molecular weight is 348 g/mol. The van der Waals surface area contributed by atoms with Gasteiger partial charge in [0.1, 0.15) is 0 Å². The van der Waals surface area contributed by atoms with Crippen LogP contribution in [0.5, 0.6) is 11.5 Å². The normalized spacial score (nSPS) is 19.6. The SMILES string of the molecule is COc1ccccc1OCC(=O)N1CCC(CN2CCOCC2)CC1. The molecule has 6 heteroatoms. The number of piperidine rings is 1. The number of benzene rings is 1. The summed E-state index contributed by atoms with van der Waals surface area (Å²) in [5.74, 6) is 1.99. The molecule has 25 heavy (non-hydrogen) atoms. The van der Waals surface area contributed by atoms with Gasteiger partial charge in [0.15, 0.2) is 18.1 Å². The van der Waals surface area contributed by atoms with Crippen LogP contribution in [0.3, 0.4) is 0 Å². The lowest BCUT2D eigenvalue weighted by molar-refractivity contribution is -0.134. The van der Waals surface area contributed by atoms with Crippen LogP contribution in [0.25, 0.3) is 0 Å². The van der Waals surface area contributed by atoms with Gasteiger partial charge in [-0.25, -0.2) is 0 Å². The molecule has 2 aliphatic heterocycles. The third kappa shape index (κ3) is 5.09. The second-order valence-corrected chi connectivity index (χ2v) is 6.68. The molecule has 2 saturated heterocycles. The van der Waals surface area contributed by atoms with E-state index >= 15 is 0 Å². The minimum atomic E-state index is 0.0516. The van der Waals surface area contributed by atoms with E-state index in [-0.39, 0.29) is 12.5 Å².